The van der Waals surface area contributed by atoms with Crippen molar-refractivity contribution >= 4 is 17.5 Å². The molecule has 1 aromatic heterocycles. The van der Waals surface area contributed by atoms with Crippen molar-refractivity contribution in [2.24, 2.45) is 5.92 Å². The Balaban J connectivity index is 1.50. The number of carbonyl (C=O) groups excluding carboxylic acids is 2. The van der Waals surface area contributed by atoms with Crippen LogP contribution in [0.15, 0.2) is 79.0 Å². The highest BCUT2D eigenvalue weighted by Gasteiger charge is 2.29. The lowest BCUT2D eigenvalue weighted by Crippen LogP contribution is -2.29. The first-order chi connectivity index (χ1) is 13.7. The maximum Gasteiger partial charge on any atom is 0.252 e. The fourth-order valence-electron chi connectivity index (χ4n) is 3.03. The third-order valence-electron chi connectivity index (χ3n) is 4.75. The molecule has 1 fully saturated rings. The molecule has 0 spiro atoms. The van der Waals surface area contributed by atoms with Crippen LogP contribution < -0.4 is 10.6 Å². The average Bonchev–Trinajstić information content (AvgIpc) is 3.59. The minimum absolute atomic E-state index is 0.0523. The molecule has 0 saturated heterocycles. The SMILES string of the molecule is O=C(NC(c1ccccc1)c1ccccn1)c1ccc(NC(=O)C2CC2)cc1. The molecule has 4 rings (SSSR count). The van der Waals surface area contributed by atoms with Crippen molar-refractivity contribution < 1.29 is 9.59 Å². The molecule has 1 aliphatic carbocycles. The summed E-state index contributed by atoms with van der Waals surface area (Å²) in [5.41, 5.74) is 2.97. The number of hydrogen-bond acceptors (Lipinski definition) is 3. The van der Waals surface area contributed by atoms with E-state index in [9.17, 15) is 9.59 Å². The predicted molar refractivity (Wildman–Crippen MR) is 108 cm³/mol. The Morgan fingerprint density at radius 1 is 0.893 bits per heavy atom. The van der Waals surface area contributed by atoms with Crippen molar-refractivity contribution in [3.63, 3.8) is 0 Å². The number of hydrogen-bond donors (Lipinski definition) is 2. The summed E-state index contributed by atoms with van der Waals surface area (Å²) in [7, 11) is 0. The van der Waals surface area contributed by atoms with Crippen molar-refractivity contribution in [2.75, 3.05) is 5.32 Å². The molecule has 1 unspecified atom stereocenters. The second-order valence-corrected chi connectivity index (χ2v) is 6.91. The highest BCUT2D eigenvalue weighted by Crippen LogP contribution is 2.30. The number of aromatic nitrogens is 1. The first kappa shape index (κ1) is 17.9. The summed E-state index contributed by atoms with van der Waals surface area (Å²) < 4.78 is 0. The van der Waals surface area contributed by atoms with Gasteiger partial charge in [0.15, 0.2) is 0 Å². The maximum absolute atomic E-state index is 12.8. The van der Waals surface area contributed by atoms with E-state index in [2.05, 4.69) is 15.6 Å². The van der Waals surface area contributed by atoms with Crippen LogP contribution >= 0.6 is 0 Å². The quantitative estimate of drug-likeness (QED) is 0.689. The first-order valence-electron chi connectivity index (χ1n) is 9.38. The van der Waals surface area contributed by atoms with Gasteiger partial charge in [-0.2, -0.15) is 0 Å². The van der Waals surface area contributed by atoms with Crippen molar-refractivity contribution in [1.82, 2.24) is 10.3 Å². The van der Waals surface area contributed by atoms with Gasteiger partial charge in [0.2, 0.25) is 5.91 Å². The molecule has 5 heteroatoms. The number of carbonyl (C=O) groups is 2. The zero-order valence-corrected chi connectivity index (χ0v) is 15.3. The van der Waals surface area contributed by atoms with Crippen molar-refractivity contribution in [3.05, 3.63) is 95.8 Å². The van der Waals surface area contributed by atoms with E-state index in [0.29, 0.717) is 11.3 Å². The van der Waals surface area contributed by atoms with Gasteiger partial charge in [-0.05, 0) is 54.8 Å². The Morgan fingerprint density at radius 2 is 1.61 bits per heavy atom. The fourth-order valence-corrected chi connectivity index (χ4v) is 3.03. The van der Waals surface area contributed by atoms with Gasteiger partial charge in [-0.3, -0.25) is 14.6 Å². The van der Waals surface area contributed by atoms with Gasteiger partial charge in [0.05, 0.1) is 11.7 Å². The van der Waals surface area contributed by atoms with E-state index in [0.717, 1.165) is 24.1 Å². The van der Waals surface area contributed by atoms with Crippen LogP contribution in [0.3, 0.4) is 0 Å². The summed E-state index contributed by atoms with van der Waals surface area (Å²) in [6.45, 7) is 0. The highest BCUT2D eigenvalue weighted by molar-refractivity contribution is 5.97. The topological polar surface area (TPSA) is 71.1 Å². The Morgan fingerprint density at radius 3 is 2.25 bits per heavy atom. The van der Waals surface area contributed by atoms with Gasteiger partial charge in [0.1, 0.15) is 0 Å². The number of amides is 2. The Labute approximate surface area is 163 Å². The second kappa shape index (κ2) is 8.05. The van der Waals surface area contributed by atoms with Crippen LogP contribution in [-0.2, 0) is 4.79 Å². The predicted octanol–water partition coefficient (Wildman–Crippen LogP) is 3.95. The molecule has 1 atom stereocenters. The van der Waals surface area contributed by atoms with E-state index >= 15 is 0 Å². The largest absolute Gasteiger partial charge is 0.340 e. The second-order valence-electron chi connectivity index (χ2n) is 6.91. The standard InChI is InChI=1S/C23H21N3O2/c27-22(17-9-10-17)25-19-13-11-18(12-14-19)23(28)26-21(16-6-2-1-3-7-16)20-8-4-5-15-24-20/h1-8,11-15,17,21H,9-10H2,(H,25,27)(H,26,28). The highest BCUT2D eigenvalue weighted by atomic mass is 16.2. The van der Waals surface area contributed by atoms with Crippen LogP contribution in [0.2, 0.25) is 0 Å². The lowest BCUT2D eigenvalue weighted by molar-refractivity contribution is -0.117. The van der Waals surface area contributed by atoms with Crippen LogP contribution in [-0.4, -0.2) is 16.8 Å². The van der Waals surface area contributed by atoms with Crippen LogP contribution in [0.25, 0.3) is 0 Å². The van der Waals surface area contributed by atoms with Crippen LogP contribution in [0.4, 0.5) is 5.69 Å². The van der Waals surface area contributed by atoms with E-state index in [4.69, 9.17) is 0 Å². The van der Waals surface area contributed by atoms with Crippen molar-refractivity contribution in [1.29, 1.82) is 0 Å². The van der Waals surface area contributed by atoms with Gasteiger partial charge >= 0.3 is 0 Å². The third kappa shape index (κ3) is 4.26. The normalized spacial score (nSPS) is 14.1. The van der Waals surface area contributed by atoms with E-state index < -0.39 is 0 Å². The van der Waals surface area contributed by atoms with Crippen molar-refractivity contribution in [2.45, 2.75) is 18.9 Å². The molecular weight excluding hydrogens is 350 g/mol. The Kier molecular flexibility index (Phi) is 5.15. The molecular formula is C23H21N3O2. The van der Waals surface area contributed by atoms with E-state index in [1.807, 2.05) is 48.5 Å². The number of rotatable bonds is 6. The Bertz CT molecular complexity index is 913. The summed E-state index contributed by atoms with van der Waals surface area (Å²) in [6, 6.07) is 22.0. The fraction of sp³-hybridized carbons (Fsp3) is 0.174. The van der Waals surface area contributed by atoms with Crippen LogP contribution in [0, 0.1) is 5.92 Å². The monoisotopic (exact) mass is 371 g/mol. The van der Waals surface area contributed by atoms with E-state index in [1.54, 1.807) is 30.5 Å². The van der Waals surface area contributed by atoms with Gasteiger partial charge in [-0.1, -0.05) is 36.4 Å². The molecule has 3 aromatic rings. The molecule has 5 nitrogen and oxygen atoms in total. The number of anilines is 1. The molecule has 0 aliphatic heterocycles. The molecule has 1 saturated carbocycles. The summed E-state index contributed by atoms with van der Waals surface area (Å²) in [6.07, 6.45) is 3.64. The van der Waals surface area contributed by atoms with Crippen LogP contribution in [0.1, 0.15) is 40.5 Å². The van der Waals surface area contributed by atoms with Gasteiger partial charge in [0.25, 0.3) is 5.91 Å². The van der Waals surface area contributed by atoms with Gasteiger partial charge in [0, 0.05) is 23.4 Å². The van der Waals surface area contributed by atoms with E-state index in [-0.39, 0.29) is 23.8 Å². The zero-order valence-electron chi connectivity index (χ0n) is 15.3. The molecule has 1 heterocycles. The molecule has 2 N–H and O–H groups in total. The number of nitrogens with one attached hydrogen (secondary N) is 2. The number of nitrogens with zero attached hydrogens (tertiary/aromatic N) is 1. The van der Waals surface area contributed by atoms with Gasteiger partial charge in [-0.25, -0.2) is 0 Å². The molecule has 2 amide bonds. The molecule has 0 bridgehead atoms. The zero-order chi connectivity index (χ0) is 19.3. The minimum Gasteiger partial charge on any atom is -0.340 e. The number of pyridine rings is 1. The number of benzene rings is 2. The first-order valence-corrected chi connectivity index (χ1v) is 9.38. The lowest BCUT2D eigenvalue weighted by atomic mass is 10.0. The van der Waals surface area contributed by atoms with Crippen LogP contribution in [0.5, 0.6) is 0 Å². The molecule has 0 radical (unpaired) electrons. The molecule has 28 heavy (non-hydrogen) atoms. The lowest BCUT2D eigenvalue weighted by Gasteiger charge is -2.19. The summed E-state index contributed by atoms with van der Waals surface area (Å²) in [5, 5.41) is 5.95. The summed E-state index contributed by atoms with van der Waals surface area (Å²) >= 11 is 0. The maximum atomic E-state index is 12.8. The smallest absolute Gasteiger partial charge is 0.252 e. The van der Waals surface area contributed by atoms with Gasteiger partial charge < -0.3 is 10.6 Å². The van der Waals surface area contributed by atoms with E-state index in [1.165, 1.54) is 0 Å². The average molecular weight is 371 g/mol. The molecule has 140 valence electrons. The minimum atomic E-state index is -0.343. The summed E-state index contributed by atoms with van der Waals surface area (Å²) in [5.74, 6) is 0.00375. The third-order valence-corrected chi connectivity index (χ3v) is 4.75. The molecule has 2 aromatic carbocycles. The van der Waals surface area contributed by atoms with Gasteiger partial charge in [-0.15, -0.1) is 0 Å². The van der Waals surface area contributed by atoms with Crippen molar-refractivity contribution in [3.8, 4) is 0 Å². The molecule has 1 aliphatic rings. The Hall–Kier alpha value is -3.47. The summed E-state index contributed by atoms with van der Waals surface area (Å²) in [4.78, 5) is 29.1.